The van der Waals surface area contributed by atoms with Crippen molar-refractivity contribution in [3.05, 3.63) is 35.9 Å². The highest BCUT2D eigenvalue weighted by Crippen LogP contribution is 2.32. The lowest BCUT2D eigenvalue weighted by atomic mass is 9.80. The van der Waals surface area contributed by atoms with E-state index in [-0.39, 0.29) is 17.7 Å². The van der Waals surface area contributed by atoms with Crippen LogP contribution in [0.3, 0.4) is 0 Å². The third-order valence-corrected chi connectivity index (χ3v) is 5.73. The second-order valence-electron chi connectivity index (χ2n) is 7.61. The normalized spacial score (nSPS) is 24.0. The van der Waals surface area contributed by atoms with Crippen molar-refractivity contribution >= 4 is 11.8 Å². The number of carbonyl (C=O) groups excluding carboxylic acids is 2. The average Bonchev–Trinajstić information content (AvgIpc) is 2.68. The van der Waals surface area contributed by atoms with Crippen LogP contribution >= 0.6 is 0 Å². The van der Waals surface area contributed by atoms with Crippen molar-refractivity contribution in [2.75, 3.05) is 20.1 Å². The zero-order chi connectivity index (χ0) is 17.6. The van der Waals surface area contributed by atoms with Gasteiger partial charge in [0.05, 0.1) is 0 Å². The van der Waals surface area contributed by atoms with Gasteiger partial charge in [-0.15, -0.1) is 0 Å². The number of likely N-dealkylation sites (tertiary alicyclic amines) is 1. The van der Waals surface area contributed by atoms with E-state index in [9.17, 15) is 9.59 Å². The van der Waals surface area contributed by atoms with Gasteiger partial charge >= 0.3 is 0 Å². The van der Waals surface area contributed by atoms with Crippen molar-refractivity contribution in [1.29, 1.82) is 0 Å². The van der Waals surface area contributed by atoms with Gasteiger partial charge in [-0.3, -0.25) is 9.59 Å². The molecule has 0 radical (unpaired) electrons. The van der Waals surface area contributed by atoms with Crippen LogP contribution in [0.5, 0.6) is 0 Å². The minimum atomic E-state index is 0.0825. The number of hydrogen-bond acceptors (Lipinski definition) is 2. The van der Waals surface area contributed by atoms with Crippen LogP contribution in [-0.2, 0) is 16.1 Å². The van der Waals surface area contributed by atoms with Crippen molar-refractivity contribution in [2.45, 2.75) is 51.5 Å². The minimum Gasteiger partial charge on any atom is -0.342 e. The van der Waals surface area contributed by atoms with Gasteiger partial charge in [0, 0.05) is 38.5 Å². The van der Waals surface area contributed by atoms with E-state index in [0.717, 1.165) is 57.2 Å². The van der Waals surface area contributed by atoms with Gasteiger partial charge in [-0.1, -0.05) is 30.3 Å². The van der Waals surface area contributed by atoms with Crippen molar-refractivity contribution in [3.63, 3.8) is 0 Å². The molecule has 136 valence electrons. The molecule has 2 aliphatic rings. The Balaban J connectivity index is 1.47. The Morgan fingerprint density at radius 1 is 0.960 bits per heavy atom. The van der Waals surface area contributed by atoms with E-state index in [2.05, 4.69) is 17.0 Å². The number of amides is 2. The van der Waals surface area contributed by atoms with Gasteiger partial charge in [-0.25, -0.2) is 0 Å². The van der Waals surface area contributed by atoms with Crippen LogP contribution in [0.4, 0.5) is 0 Å². The summed E-state index contributed by atoms with van der Waals surface area (Å²) in [5, 5.41) is 0. The third kappa shape index (κ3) is 4.62. The molecule has 1 saturated heterocycles. The summed E-state index contributed by atoms with van der Waals surface area (Å²) in [7, 11) is 1.89. The lowest BCUT2D eigenvalue weighted by Gasteiger charge is -2.34. The Morgan fingerprint density at radius 2 is 1.56 bits per heavy atom. The van der Waals surface area contributed by atoms with Crippen LogP contribution in [0, 0.1) is 11.8 Å². The van der Waals surface area contributed by atoms with E-state index in [1.54, 1.807) is 0 Å². The molecular weight excluding hydrogens is 312 g/mol. The Labute approximate surface area is 151 Å². The molecule has 1 aromatic carbocycles. The number of benzene rings is 1. The smallest absolute Gasteiger partial charge is 0.225 e. The minimum absolute atomic E-state index is 0.0825. The summed E-state index contributed by atoms with van der Waals surface area (Å²) in [6.45, 7) is 2.52. The molecule has 0 aromatic heterocycles. The average molecular weight is 342 g/mol. The van der Waals surface area contributed by atoms with Gasteiger partial charge in [-0.2, -0.15) is 0 Å². The highest BCUT2D eigenvalue weighted by Gasteiger charge is 2.33. The van der Waals surface area contributed by atoms with E-state index in [1.165, 1.54) is 6.42 Å². The van der Waals surface area contributed by atoms with Gasteiger partial charge in [0.15, 0.2) is 0 Å². The van der Waals surface area contributed by atoms with E-state index in [4.69, 9.17) is 0 Å². The van der Waals surface area contributed by atoms with Crippen molar-refractivity contribution < 1.29 is 9.59 Å². The van der Waals surface area contributed by atoms with Crippen LogP contribution in [0.25, 0.3) is 0 Å². The molecular formula is C21H30N2O2. The number of carbonyl (C=O) groups is 2. The topological polar surface area (TPSA) is 40.6 Å². The lowest BCUT2D eigenvalue weighted by Crippen LogP contribution is -2.42. The largest absolute Gasteiger partial charge is 0.342 e. The fourth-order valence-corrected chi connectivity index (χ4v) is 4.21. The van der Waals surface area contributed by atoms with Crippen molar-refractivity contribution in [2.24, 2.45) is 11.8 Å². The first-order valence-electron chi connectivity index (χ1n) is 9.73. The molecule has 0 spiro atoms. The zero-order valence-electron chi connectivity index (χ0n) is 15.3. The summed E-state index contributed by atoms with van der Waals surface area (Å²) in [4.78, 5) is 29.2. The number of piperidine rings is 1. The first kappa shape index (κ1) is 18.0. The molecule has 0 atom stereocenters. The Bertz CT molecular complexity index is 573. The van der Waals surface area contributed by atoms with Gasteiger partial charge in [0.25, 0.3) is 0 Å². The summed E-state index contributed by atoms with van der Waals surface area (Å²) in [6, 6.07) is 10.1. The SMILES string of the molecule is CN(Cc1ccccc1)C(=O)C1CCC(C(=O)N2CCCCC2)CC1. The van der Waals surface area contributed by atoms with Crippen LogP contribution < -0.4 is 0 Å². The molecule has 2 amide bonds. The number of rotatable bonds is 4. The van der Waals surface area contributed by atoms with E-state index >= 15 is 0 Å². The molecule has 25 heavy (non-hydrogen) atoms. The summed E-state index contributed by atoms with van der Waals surface area (Å²) in [5.74, 6) is 0.789. The number of hydrogen-bond donors (Lipinski definition) is 0. The second-order valence-corrected chi connectivity index (χ2v) is 7.61. The lowest BCUT2D eigenvalue weighted by molar-refractivity contribution is -0.141. The quantitative estimate of drug-likeness (QED) is 0.841. The molecule has 1 aliphatic carbocycles. The van der Waals surface area contributed by atoms with Crippen LogP contribution in [-0.4, -0.2) is 41.8 Å². The highest BCUT2D eigenvalue weighted by atomic mass is 16.2. The predicted molar refractivity (Wildman–Crippen MR) is 98.8 cm³/mol. The van der Waals surface area contributed by atoms with Crippen molar-refractivity contribution in [3.8, 4) is 0 Å². The van der Waals surface area contributed by atoms with Crippen LogP contribution in [0.15, 0.2) is 30.3 Å². The molecule has 3 rings (SSSR count). The molecule has 2 fully saturated rings. The molecule has 1 heterocycles. The Hall–Kier alpha value is -1.84. The standard InChI is InChI=1S/C21H30N2O2/c1-22(16-17-8-4-2-5-9-17)20(24)18-10-12-19(13-11-18)21(25)23-14-6-3-7-15-23/h2,4-5,8-9,18-19H,3,6-7,10-16H2,1H3. The highest BCUT2D eigenvalue weighted by molar-refractivity contribution is 5.81. The molecule has 0 N–H and O–H groups in total. The first-order chi connectivity index (χ1) is 12.1. The third-order valence-electron chi connectivity index (χ3n) is 5.73. The maximum absolute atomic E-state index is 12.7. The molecule has 1 aromatic rings. The molecule has 4 heteroatoms. The van der Waals surface area contributed by atoms with Gasteiger partial charge < -0.3 is 9.80 Å². The second kappa shape index (κ2) is 8.50. The molecule has 0 unspecified atom stereocenters. The molecule has 0 bridgehead atoms. The molecule has 1 saturated carbocycles. The maximum atomic E-state index is 12.7. The molecule has 1 aliphatic heterocycles. The summed E-state index contributed by atoms with van der Waals surface area (Å²) < 4.78 is 0. The van der Waals surface area contributed by atoms with Gasteiger partial charge in [-0.05, 0) is 50.5 Å². The summed E-state index contributed by atoms with van der Waals surface area (Å²) >= 11 is 0. The van der Waals surface area contributed by atoms with Gasteiger partial charge in [0.2, 0.25) is 11.8 Å². The predicted octanol–water partition coefficient (Wildman–Crippen LogP) is 3.46. The summed E-state index contributed by atoms with van der Waals surface area (Å²) in [6.07, 6.45) is 6.97. The van der Waals surface area contributed by atoms with Crippen LogP contribution in [0.2, 0.25) is 0 Å². The number of nitrogens with zero attached hydrogens (tertiary/aromatic N) is 2. The van der Waals surface area contributed by atoms with E-state index in [1.807, 2.05) is 30.1 Å². The zero-order valence-corrected chi connectivity index (χ0v) is 15.3. The molecule has 4 nitrogen and oxygen atoms in total. The Morgan fingerprint density at radius 3 is 2.20 bits per heavy atom. The van der Waals surface area contributed by atoms with E-state index in [0.29, 0.717) is 12.5 Å². The fraction of sp³-hybridized carbons (Fsp3) is 0.619. The monoisotopic (exact) mass is 342 g/mol. The van der Waals surface area contributed by atoms with Crippen LogP contribution in [0.1, 0.15) is 50.5 Å². The first-order valence-corrected chi connectivity index (χ1v) is 9.73. The summed E-state index contributed by atoms with van der Waals surface area (Å²) in [5.41, 5.74) is 1.16. The van der Waals surface area contributed by atoms with Crippen molar-refractivity contribution in [1.82, 2.24) is 9.80 Å². The van der Waals surface area contributed by atoms with Gasteiger partial charge in [0.1, 0.15) is 0 Å². The Kier molecular flexibility index (Phi) is 6.11. The fourth-order valence-electron chi connectivity index (χ4n) is 4.21. The maximum Gasteiger partial charge on any atom is 0.225 e. The van der Waals surface area contributed by atoms with E-state index < -0.39 is 0 Å².